The molecule has 8 nitrogen and oxygen atoms in total. The Labute approximate surface area is 341 Å². The molecule has 0 aromatic heterocycles. The van der Waals surface area contributed by atoms with Crippen molar-refractivity contribution < 1.29 is 0 Å². The Balaban J connectivity index is 0.000000255. The van der Waals surface area contributed by atoms with Gasteiger partial charge in [0.1, 0.15) is 24.7 Å². The highest BCUT2D eigenvalue weighted by molar-refractivity contribution is 5.77. The molecule has 1 atom stereocenters. The number of rotatable bonds is 5. The molecule has 1 aromatic rings. The first kappa shape index (κ1) is 48.0. The Bertz CT molecular complexity index is 1330. The smallest absolute Gasteiger partial charge is 0.106 e. The van der Waals surface area contributed by atoms with Crippen LogP contribution in [-0.2, 0) is 0 Å². The predicted octanol–water partition coefficient (Wildman–Crippen LogP) is 10.8. The van der Waals surface area contributed by atoms with Gasteiger partial charge in [-0.1, -0.05) is 109 Å². The number of hydrogen-bond acceptors (Lipinski definition) is 8. The fraction of sp³-hybridized carbons (Fsp3) is 0.745. The number of fused-ring (bicyclic) bond motifs is 1. The first-order valence-corrected chi connectivity index (χ1v) is 21.1. The molecule has 0 amide bonds. The van der Waals surface area contributed by atoms with E-state index >= 15 is 0 Å². The maximum absolute atomic E-state index is 2.46. The highest BCUT2D eigenvalue weighted by atomic mass is 15.4. The Hall–Kier alpha value is -3.16. The van der Waals surface area contributed by atoms with Crippen molar-refractivity contribution >= 4 is 11.4 Å². The summed E-state index contributed by atoms with van der Waals surface area (Å²) >= 11 is 0. The molecule has 1 aromatic carbocycles. The second-order valence-electron chi connectivity index (χ2n) is 21.2. The molecule has 0 N–H and O–H groups in total. The molecule has 4 aliphatic heterocycles. The van der Waals surface area contributed by atoms with Gasteiger partial charge in [-0.05, 0) is 46.2 Å². The molecular formula is C47H88N8. The van der Waals surface area contributed by atoms with Gasteiger partial charge in [-0.3, -0.25) is 0 Å². The third kappa shape index (κ3) is 12.4. The topological polar surface area (TPSA) is 25.9 Å². The van der Waals surface area contributed by atoms with Gasteiger partial charge in [0, 0.05) is 113 Å². The number of nitrogens with zero attached hydrogens (tertiary/aromatic N) is 8. The lowest BCUT2D eigenvalue weighted by Gasteiger charge is -2.44. The Morgan fingerprint density at radius 2 is 0.818 bits per heavy atom. The van der Waals surface area contributed by atoms with Crippen molar-refractivity contribution in [2.45, 2.75) is 167 Å². The molecule has 0 bridgehead atoms. The number of unbranched alkanes of at least 4 members (excludes halogenated alkanes) is 1. The summed E-state index contributed by atoms with van der Waals surface area (Å²) in [4.78, 5) is 18.9. The number of hydrogen-bond donors (Lipinski definition) is 0. The highest BCUT2D eigenvalue weighted by Gasteiger charge is 2.40. The molecule has 0 saturated heterocycles. The van der Waals surface area contributed by atoms with Crippen LogP contribution in [-0.4, -0.2) is 108 Å². The van der Waals surface area contributed by atoms with Crippen molar-refractivity contribution in [1.29, 1.82) is 0 Å². The minimum Gasteiger partial charge on any atom is -0.359 e. The molecule has 5 rings (SSSR count). The number of para-hydroxylation sites is 2. The van der Waals surface area contributed by atoms with Crippen LogP contribution in [0, 0.1) is 21.7 Å². The minimum absolute atomic E-state index is 0.252. The zero-order valence-electron chi connectivity index (χ0n) is 39.9. The first-order chi connectivity index (χ1) is 25.1. The largest absolute Gasteiger partial charge is 0.359 e. The van der Waals surface area contributed by atoms with E-state index in [0.717, 1.165) is 0 Å². The zero-order valence-corrected chi connectivity index (χ0v) is 39.9. The van der Waals surface area contributed by atoms with Crippen LogP contribution in [0.3, 0.4) is 0 Å². The van der Waals surface area contributed by atoms with Crippen molar-refractivity contribution in [3.8, 4) is 0 Å². The lowest BCUT2D eigenvalue weighted by atomic mass is 9.90. The fourth-order valence-electron chi connectivity index (χ4n) is 9.14. The summed E-state index contributed by atoms with van der Waals surface area (Å²) in [6.45, 7) is 40.0. The predicted molar refractivity (Wildman–Crippen MR) is 242 cm³/mol. The molecule has 8 heteroatoms. The molecule has 0 fully saturated rings. The molecule has 1 unspecified atom stereocenters. The summed E-state index contributed by atoms with van der Waals surface area (Å²) in [5.41, 5.74) is 3.82. The van der Waals surface area contributed by atoms with Crippen molar-refractivity contribution in [2.24, 2.45) is 21.7 Å². The first-order valence-electron chi connectivity index (χ1n) is 21.1. The number of anilines is 2. The summed E-state index contributed by atoms with van der Waals surface area (Å²) in [7, 11) is 10.8. The summed E-state index contributed by atoms with van der Waals surface area (Å²) < 4.78 is 0. The van der Waals surface area contributed by atoms with Crippen molar-refractivity contribution in [3.63, 3.8) is 0 Å². The third-order valence-corrected chi connectivity index (χ3v) is 10.9. The second kappa shape index (κ2) is 18.9. The van der Waals surface area contributed by atoms with Crippen LogP contribution in [0.25, 0.3) is 0 Å². The molecule has 0 spiro atoms. The Morgan fingerprint density at radius 3 is 1.13 bits per heavy atom. The lowest BCUT2D eigenvalue weighted by molar-refractivity contribution is 0.0185. The molecule has 0 saturated carbocycles. The Kier molecular flexibility index (Phi) is 16.5. The van der Waals surface area contributed by atoms with Gasteiger partial charge in [0.2, 0.25) is 0 Å². The van der Waals surface area contributed by atoms with E-state index in [4.69, 9.17) is 0 Å². The van der Waals surface area contributed by atoms with E-state index in [2.05, 4.69) is 254 Å². The standard InChI is InChI=1S/C13H20N2.C13H26N2.C12H24N2.C9H18N2/c1-13(2,3)12-14(4)10-8-6-7-9-11(10)15(12)5;1-10(2)14-8-9-15(11(3)4)12(14)13(5,6)7;1-6-7-8-14-10-9-13(5)11(14)12(2,3)4;1-9(2,3)8-10(4)6-7-11(8)5/h6-9,12H,1-5H3;8-12H,1-7H3;9-11H,6-8H2,1-5H3;6-8H,1-5H3. The van der Waals surface area contributed by atoms with Crippen LogP contribution in [0.5, 0.6) is 0 Å². The van der Waals surface area contributed by atoms with Gasteiger partial charge in [-0.15, -0.1) is 0 Å². The van der Waals surface area contributed by atoms with E-state index in [-0.39, 0.29) is 10.8 Å². The van der Waals surface area contributed by atoms with Crippen LogP contribution in [0.15, 0.2) is 61.5 Å². The summed E-state index contributed by atoms with van der Waals surface area (Å²) in [6.07, 6.45) is 17.6. The van der Waals surface area contributed by atoms with Crippen LogP contribution < -0.4 is 9.80 Å². The lowest BCUT2D eigenvalue weighted by Crippen LogP contribution is -2.51. The number of benzene rings is 1. The monoisotopic (exact) mass is 765 g/mol. The van der Waals surface area contributed by atoms with Gasteiger partial charge < -0.3 is 39.2 Å². The van der Waals surface area contributed by atoms with Gasteiger partial charge >= 0.3 is 0 Å². The molecule has 316 valence electrons. The highest BCUT2D eigenvalue weighted by Crippen LogP contribution is 2.43. The molecule has 4 heterocycles. The van der Waals surface area contributed by atoms with E-state index in [1.165, 1.54) is 30.8 Å². The van der Waals surface area contributed by atoms with Crippen LogP contribution in [0.4, 0.5) is 11.4 Å². The van der Waals surface area contributed by atoms with Crippen molar-refractivity contribution in [3.05, 3.63) is 61.5 Å². The average Bonchev–Trinajstić information content (AvgIpc) is 3.80. The van der Waals surface area contributed by atoms with E-state index in [1.54, 1.807) is 0 Å². The molecule has 55 heavy (non-hydrogen) atoms. The third-order valence-electron chi connectivity index (χ3n) is 10.9. The van der Waals surface area contributed by atoms with Gasteiger partial charge in [-0.25, -0.2) is 0 Å². The summed E-state index contributed by atoms with van der Waals surface area (Å²) in [5.74, 6) is 0. The molecule has 0 aliphatic carbocycles. The molecular weight excluding hydrogens is 677 g/mol. The van der Waals surface area contributed by atoms with Gasteiger partial charge in [0.25, 0.3) is 0 Å². The summed E-state index contributed by atoms with van der Waals surface area (Å²) in [6, 6.07) is 9.72. The Morgan fingerprint density at radius 1 is 0.473 bits per heavy atom. The normalized spacial score (nSPS) is 19.5. The molecule has 4 aliphatic rings. The zero-order chi connectivity index (χ0) is 42.4. The maximum atomic E-state index is 2.46. The summed E-state index contributed by atoms with van der Waals surface area (Å²) in [5, 5.41) is 0. The van der Waals surface area contributed by atoms with Gasteiger partial charge in [-0.2, -0.15) is 0 Å². The minimum atomic E-state index is 0.252. The van der Waals surface area contributed by atoms with Gasteiger partial charge in [0.15, 0.2) is 0 Å². The van der Waals surface area contributed by atoms with E-state index in [0.29, 0.717) is 47.6 Å². The quantitative estimate of drug-likeness (QED) is 0.292. The maximum Gasteiger partial charge on any atom is 0.106 e. The SMILES string of the molecule is CC(C)N1C=CN(C(C)C)C1C(C)(C)C.CCCCN1C=CN(C)C1C(C)(C)C.CN1C=CN(C)C1C(C)(C)C.CN1c2ccccc2N(C)C1C(C)(C)C. The van der Waals surface area contributed by atoms with Crippen molar-refractivity contribution in [1.82, 2.24) is 29.4 Å². The van der Waals surface area contributed by atoms with E-state index in [1.807, 2.05) is 0 Å². The van der Waals surface area contributed by atoms with Crippen LogP contribution in [0.1, 0.15) is 131 Å². The fourth-order valence-corrected chi connectivity index (χ4v) is 9.14. The van der Waals surface area contributed by atoms with Gasteiger partial charge in [0.05, 0.1) is 11.4 Å². The van der Waals surface area contributed by atoms with E-state index in [9.17, 15) is 0 Å². The average molecular weight is 765 g/mol. The van der Waals surface area contributed by atoms with Crippen molar-refractivity contribution in [2.75, 3.05) is 51.6 Å². The van der Waals surface area contributed by atoms with Crippen LogP contribution >= 0.6 is 0 Å². The molecule has 0 radical (unpaired) electrons. The van der Waals surface area contributed by atoms with Crippen LogP contribution in [0.2, 0.25) is 0 Å². The second-order valence-corrected chi connectivity index (χ2v) is 21.2. The van der Waals surface area contributed by atoms with E-state index < -0.39 is 0 Å².